The normalized spacial score (nSPS) is 10.4. The molecule has 0 saturated carbocycles. The van der Waals surface area contributed by atoms with Crippen LogP contribution >= 0.6 is 0 Å². The van der Waals surface area contributed by atoms with Crippen LogP contribution < -0.4 is 5.32 Å². The highest BCUT2D eigenvalue weighted by molar-refractivity contribution is 5.89. The Bertz CT molecular complexity index is 454. The molecule has 0 spiro atoms. The summed E-state index contributed by atoms with van der Waals surface area (Å²) in [5.41, 5.74) is 0.576. The van der Waals surface area contributed by atoms with Gasteiger partial charge in [0.2, 0.25) is 0 Å². The zero-order chi connectivity index (χ0) is 13.6. The van der Waals surface area contributed by atoms with Crippen molar-refractivity contribution in [3.8, 4) is 0 Å². The molecule has 0 saturated heterocycles. The van der Waals surface area contributed by atoms with Gasteiger partial charge >= 0.3 is 6.09 Å². The number of alkyl carbamates (subject to hydrolysis) is 1. The van der Waals surface area contributed by atoms with Gasteiger partial charge in [0.25, 0.3) is 0 Å². The number of hydrogen-bond acceptors (Lipinski definition) is 3. The minimum absolute atomic E-state index is 0.0996. The van der Waals surface area contributed by atoms with Gasteiger partial charge in [-0.2, -0.15) is 0 Å². The van der Waals surface area contributed by atoms with Crippen molar-refractivity contribution >= 4 is 17.6 Å². The number of hydrogen-bond donors (Lipinski definition) is 1. The largest absolute Gasteiger partial charge is 0.444 e. The number of ether oxygens (including phenoxy) is 1. The van der Waals surface area contributed by atoms with Crippen molar-refractivity contribution in [2.75, 3.05) is 6.54 Å². The van der Waals surface area contributed by atoms with Crippen LogP contribution in [0.4, 0.5) is 4.79 Å². The molecule has 0 bridgehead atoms. The summed E-state index contributed by atoms with van der Waals surface area (Å²) in [6.07, 6.45) is -0.550. The Morgan fingerprint density at radius 2 is 1.89 bits per heavy atom. The molecule has 0 fully saturated rings. The van der Waals surface area contributed by atoms with Crippen LogP contribution in [0.3, 0.4) is 0 Å². The van der Waals surface area contributed by atoms with Gasteiger partial charge in [-0.1, -0.05) is 30.3 Å². The van der Waals surface area contributed by atoms with Crippen molar-refractivity contribution in [2.24, 2.45) is 0 Å². The van der Waals surface area contributed by atoms with Crippen LogP contribution in [0.1, 0.15) is 26.3 Å². The van der Waals surface area contributed by atoms with E-state index in [2.05, 4.69) is 5.32 Å². The monoisotopic (exact) mass is 247 g/mol. The van der Waals surface area contributed by atoms with Crippen molar-refractivity contribution < 1.29 is 14.3 Å². The average Bonchev–Trinajstić information content (AvgIpc) is 2.29. The predicted octanol–water partition coefficient (Wildman–Crippen LogP) is 2.43. The van der Waals surface area contributed by atoms with Crippen LogP contribution in [0.2, 0.25) is 0 Å². The first-order valence-corrected chi connectivity index (χ1v) is 5.68. The van der Waals surface area contributed by atoms with E-state index in [0.717, 1.165) is 5.56 Å². The Morgan fingerprint density at radius 3 is 2.39 bits per heavy atom. The molecule has 0 atom stereocenters. The SMILES string of the molecule is CC(C)(C)OC(=O)NCC(=C=O)c1ccccc1. The number of carbonyl (C=O) groups is 1. The van der Waals surface area contributed by atoms with Crippen LogP contribution in [-0.4, -0.2) is 24.2 Å². The van der Waals surface area contributed by atoms with Crippen LogP contribution in [0.15, 0.2) is 30.3 Å². The second kappa shape index (κ2) is 6.03. The lowest BCUT2D eigenvalue weighted by Gasteiger charge is -2.19. The number of amides is 1. The lowest BCUT2D eigenvalue weighted by molar-refractivity contribution is 0.0535. The summed E-state index contributed by atoms with van der Waals surface area (Å²) < 4.78 is 5.08. The van der Waals surface area contributed by atoms with Crippen molar-refractivity contribution in [1.29, 1.82) is 0 Å². The Morgan fingerprint density at radius 1 is 1.28 bits per heavy atom. The van der Waals surface area contributed by atoms with E-state index in [-0.39, 0.29) is 6.54 Å². The van der Waals surface area contributed by atoms with E-state index >= 15 is 0 Å². The first-order chi connectivity index (χ1) is 8.42. The minimum atomic E-state index is -0.554. The molecule has 1 aromatic carbocycles. The van der Waals surface area contributed by atoms with Crippen LogP contribution in [-0.2, 0) is 9.53 Å². The van der Waals surface area contributed by atoms with Gasteiger partial charge in [0.1, 0.15) is 11.5 Å². The third-order valence-corrected chi connectivity index (χ3v) is 2.05. The second-order valence-electron chi connectivity index (χ2n) is 4.80. The van der Waals surface area contributed by atoms with E-state index in [1.165, 1.54) is 0 Å². The average molecular weight is 247 g/mol. The molecular formula is C14H17NO3. The van der Waals surface area contributed by atoms with Crippen molar-refractivity contribution in [3.05, 3.63) is 35.9 Å². The minimum Gasteiger partial charge on any atom is -0.444 e. The second-order valence-corrected chi connectivity index (χ2v) is 4.80. The molecule has 0 heterocycles. The zero-order valence-electron chi connectivity index (χ0n) is 10.8. The van der Waals surface area contributed by atoms with E-state index in [1.54, 1.807) is 32.9 Å². The maximum Gasteiger partial charge on any atom is 0.407 e. The van der Waals surface area contributed by atoms with Gasteiger partial charge in [0.15, 0.2) is 0 Å². The Balaban J connectivity index is 2.58. The van der Waals surface area contributed by atoms with Crippen LogP contribution in [0.5, 0.6) is 0 Å². The summed E-state index contributed by atoms with van der Waals surface area (Å²) >= 11 is 0. The van der Waals surface area contributed by atoms with Crippen molar-refractivity contribution in [3.63, 3.8) is 0 Å². The van der Waals surface area contributed by atoms with Gasteiger partial charge in [-0.25, -0.2) is 9.59 Å². The highest BCUT2D eigenvalue weighted by atomic mass is 16.6. The lowest BCUT2D eigenvalue weighted by atomic mass is 10.1. The smallest absolute Gasteiger partial charge is 0.407 e. The number of carbonyl (C=O) groups excluding carboxylic acids is 2. The summed E-state index contributed by atoms with van der Waals surface area (Å²) in [6, 6.07) is 9.07. The Kier molecular flexibility index (Phi) is 4.69. The summed E-state index contributed by atoms with van der Waals surface area (Å²) in [5.74, 6) is 1.83. The molecule has 4 nitrogen and oxygen atoms in total. The summed E-state index contributed by atoms with van der Waals surface area (Å²) in [4.78, 5) is 22.3. The number of rotatable bonds is 3. The van der Waals surface area contributed by atoms with Gasteiger partial charge in [0.05, 0.1) is 12.1 Å². The fourth-order valence-electron chi connectivity index (χ4n) is 1.31. The fourth-order valence-corrected chi connectivity index (χ4v) is 1.31. The molecule has 0 aliphatic rings. The highest BCUT2D eigenvalue weighted by Gasteiger charge is 2.16. The summed E-state index contributed by atoms with van der Waals surface area (Å²) in [5, 5.41) is 2.53. The number of nitrogens with one attached hydrogen (secondary N) is 1. The molecule has 0 aromatic heterocycles. The maximum atomic E-state index is 11.4. The Hall–Kier alpha value is -2.06. The number of benzene rings is 1. The zero-order valence-corrected chi connectivity index (χ0v) is 10.8. The molecule has 4 heteroatoms. The van der Waals surface area contributed by atoms with Crippen LogP contribution in [0.25, 0.3) is 5.57 Å². The van der Waals surface area contributed by atoms with Gasteiger partial charge < -0.3 is 10.1 Å². The summed E-state index contributed by atoms with van der Waals surface area (Å²) in [7, 11) is 0. The molecule has 1 N–H and O–H groups in total. The van der Waals surface area contributed by atoms with E-state index < -0.39 is 11.7 Å². The quantitative estimate of drug-likeness (QED) is 0.834. The van der Waals surface area contributed by atoms with Gasteiger partial charge in [-0.3, -0.25) is 0 Å². The maximum absolute atomic E-state index is 11.4. The van der Waals surface area contributed by atoms with Crippen molar-refractivity contribution in [1.82, 2.24) is 5.32 Å². The summed E-state index contributed by atoms with van der Waals surface area (Å²) in [6.45, 7) is 5.43. The predicted molar refractivity (Wildman–Crippen MR) is 69.8 cm³/mol. The highest BCUT2D eigenvalue weighted by Crippen LogP contribution is 2.10. The molecule has 1 aromatic rings. The van der Waals surface area contributed by atoms with Crippen molar-refractivity contribution in [2.45, 2.75) is 26.4 Å². The lowest BCUT2D eigenvalue weighted by Crippen LogP contribution is -2.33. The molecule has 18 heavy (non-hydrogen) atoms. The molecule has 0 aliphatic heterocycles. The molecule has 1 rings (SSSR count). The Labute approximate surface area is 107 Å². The first kappa shape index (κ1) is 14.0. The molecule has 96 valence electrons. The van der Waals surface area contributed by atoms with Crippen LogP contribution in [0, 0.1) is 0 Å². The molecule has 0 unspecified atom stereocenters. The third kappa shape index (κ3) is 4.85. The third-order valence-electron chi connectivity index (χ3n) is 2.05. The van der Waals surface area contributed by atoms with E-state index in [4.69, 9.17) is 4.74 Å². The van der Waals surface area contributed by atoms with Gasteiger partial charge in [-0.05, 0) is 26.3 Å². The van der Waals surface area contributed by atoms with E-state index in [9.17, 15) is 9.59 Å². The molecule has 1 amide bonds. The fraction of sp³-hybridized carbons (Fsp3) is 0.357. The molecule has 0 aliphatic carbocycles. The van der Waals surface area contributed by atoms with E-state index in [0.29, 0.717) is 5.57 Å². The van der Waals surface area contributed by atoms with Gasteiger partial charge in [-0.15, -0.1) is 0 Å². The first-order valence-electron chi connectivity index (χ1n) is 5.68. The molecule has 0 radical (unpaired) electrons. The topological polar surface area (TPSA) is 55.4 Å². The standard InChI is InChI=1S/C14H17NO3/c1-14(2,3)18-13(17)15-9-12(10-16)11-7-5-4-6-8-11/h4-8H,9H2,1-3H3,(H,15,17). The van der Waals surface area contributed by atoms with Gasteiger partial charge in [0, 0.05) is 0 Å². The molecular weight excluding hydrogens is 230 g/mol. The van der Waals surface area contributed by atoms with E-state index in [1.807, 2.05) is 24.1 Å².